The van der Waals surface area contributed by atoms with Gasteiger partial charge < -0.3 is 9.73 Å². The SMILES string of the molecule is C[C@H](NC(=O)CN[C@H](C)c1ccco1)c1ccccc1. The van der Waals surface area contributed by atoms with Crippen molar-refractivity contribution < 1.29 is 9.21 Å². The first kappa shape index (κ1) is 14.3. The number of benzene rings is 1. The van der Waals surface area contributed by atoms with Gasteiger partial charge in [-0.2, -0.15) is 0 Å². The maximum absolute atomic E-state index is 11.9. The van der Waals surface area contributed by atoms with Crippen LogP contribution in [0.25, 0.3) is 0 Å². The molecule has 4 heteroatoms. The summed E-state index contributed by atoms with van der Waals surface area (Å²) in [5.41, 5.74) is 1.10. The van der Waals surface area contributed by atoms with Gasteiger partial charge in [0.2, 0.25) is 5.91 Å². The summed E-state index contributed by atoms with van der Waals surface area (Å²) in [5, 5.41) is 6.10. The molecule has 2 N–H and O–H groups in total. The lowest BCUT2D eigenvalue weighted by Gasteiger charge is -2.16. The van der Waals surface area contributed by atoms with E-state index in [0.717, 1.165) is 11.3 Å². The molecule has 1 amide bonds. The van der Waals surface area contributed by atoms with E-state index in [4.69, 9.17) is 4.42 Å². The summed E-state index contributed by atoms with van der Waals surface area (Å²) in [5.74, 6) is 0.800. The molecule has 0 radical (unpaired) electrons. The quantitative estimate of drug-likeness (QED) is 0.850. The fourth-order valence-corrected chi connectivity index (χ4v) is 2.00. The Morgan fingerprint density at radius 2 is 1.85 bits per heavy atom. The number of carbonyl (C=O) groups is 1. The van der Waals surface area contributed by atoms with Gasteiger partial charge in [-0.05, 0) is 31.5 Å². The molecular weight excluding hydrogens is 252 g/mol. The van der Waals surface area contributed by atoms with Crippen molar-refractivity contribution in [3.05, 3.63) is 60.1 Å². The lowest BCUT2D eigenvalue weighted by atomic mass is 10.1. The number of hydrogen-bond donors (Lipinski definition) is 2. The summed E-state index contributed by atoms with van der Waals surface area (Å²) in [6.45, 7) is 4.20. The average Bonchev–Trinajstić information content (AvgIpc) is 3.00. The Hall–Kier alpha value is -2.07. The minimum atomic E-state index is -0.0280. The van der Waals surface area contributed by atoms with Crippen molar-refractivity contribution in [3.8, 4) is 0 Å². The van der Waals surface area contributed by atoms with Crippen molar-refractivity contribution in [1.29, 1.82) is 0 Å². The van der Waals surface area contributed by atoms with E-state index in [-0.39, 0.29) is 24.5 Å². The van der Waals surface area contributed by atoms with Gasteiger partial charge in [-0.3, -0.25) is 10.1 Å². The molecule has 0 aliphatic carbocycles. The Bertz CT molecular complexity index is 523. The van der Waals surface area contributed by atoms with E-state index >= 15 is 0 Å². The molecule has 0 unspecified atom stereocenters. The summed E-state index contributed by atoms with van der Waals surface area (Å²) in [7, 11) is 0. The van der Waals surface area contributed by atoms with E-state index in [0.29, 0.717) is 0 Å². The van der Waals surface area contributed by atoms with Gasteiger partial charge in [-0.15, -0.1) is 0 Å². The summed E-state index contributed by atoms with van der Waals surface area (Å²) in [6, 6.07) is 13.7. The molecule has 0 saturated carbocycles. The summed E-state index contributed by atoms with van der Waals surface area (Å²) >= 11 is 0. The van der Waals surface area contributed by atoms with Crippen LogP contribution < -0.4 is 10.6 Å². The Labute approximate surface area is 119 Å². The molecule has 1 heterocycles. The molecule has 1 aromatic heterocycles. The van der Waals surface area contributed by atoms with E-state index in [1.807, 2.05) is 56.3 Å². The second-order valence-corrected chi connectivity index (χ2v) is 4.82. The Kier molecular flexibility index (Phi) is 4.96. The third-order valence-electron chi connectivity index (χ3n) is 3.22. The first-order chi connectivity index (χ1) is 9.66. The molecule has 0 spiro atoms. The molecule has 2 aromatic rings. The van der Waals surface area contributed by atoms with E-state index in [1.165, 1.54) is 0 Å². The van der Waals surface area contributed by atoms with Crippen LogP contribution in [0.5, 0.6) is 0 Å². The van der Waals surface area contributed by atoms with Crippen LogP contribution in [-0.4, -0.2) is 12.5 Å². The number of hydrogen-bond acceptors (Lipinski definition) is 3. The van der Waals surface area contributed by atoms with Crippen LogP contribution in [0.2, 0.25) is 0 Å². The highest BCUT2D eigenvalue weighted by Crippen LogP contribution is 2.12. The van der Waals surface area contributed by atoms with Gasteiger partial charge in [0.1, 0.15) is 5.76 Å². The van der Waals surface area contributed by atoms with Crippen molar-refractivity contribution >= 4 is 5.91 Å². The molecule has 0 bridgehead atoms. The van der Waals surface area contributed by atoms with E-state index in [2.05, 4.69) is 10.6 Å². The number of amides is 1. The highest BCUT2D eigenvalue weighted by molar-refractivity contribution is 5.78. The first-order valence-corrected chi connectivity index (χ1v) is 6.78. The highest BCUT2D eigenvalue weighted by atomic mass is 16.3. The van der Waals surface area contributed by atoms with Crippen LogP contribution in [0.4, 0.5) is 0 Å². The lowest BCUT2D eigenvalue weighted by Crippen LogP contribution is -2.36. The summed E-state index contributed by atoms with van der Waals surface area (Å²) < 4.78 is 5.28. The first-order valence-electron chi connectivity index (χ1n) is 6.78. The fourth-order valence-electron chi connectivity index (χ4n) is 2.00. The van der Waals surface area contributed by atoms with Crippen molar-refractivity contribution in [2.75, 3.05) is 6.54 Å². The van der Waals surface area contributed by atoms with Crippen molar-refractivity contribution in [2.24, 2.45) is 0 Å². The Morgan fingerprint density at radius 1 is 1.10 bits per heavy atom. The number of carbonyl (C=O) groups excluding carboxylic acids is 1. The zero-order chi connectivity index (χ0) is 14.4. The second-order valence-electron chi connectivity index (χ2n) is 4.82. The predicted octanol–water partition coefficient (Wildman–Crippen LogP) is 2.81. The molecule has 1 aromatic carbocycles. The summed E-state index contributed by atoms with van der Waals surface area (Å²) in [6.07, 6.45) is 1.63. The topological polar surface area (TPSA) is 54.3 Å². The number of rotatable bonds is 6. The van der Waals surface area contributed by atoms with Crippen molar-refractivity contribution in [3.63, 3.8) is 0 Å². The Morgan fingerprint density at radius 3 is 2.50 bits per heavy atom. The predicted molar refractivity (Wildman–Crippen MR) is 78.1 cm³/mol. The monoisotopic (exact) mass is 272 g/mol. The van der Waals surface area contributed by atoms with Gasteiger partial charge in [0.05, 0.1) is 24.9 Å². The van der Waals surface area contributed by atoms with Crippen LogP contribution in [-0.2, 0) is 4.79 Å². The van der Waals surface area contributed by atoms with E-state index < -0.39 is 0 Å². The maximum atomic E-state index is 11.9. The molecule has 106 valence electrons. The van der Waals surface area contributed by atoms with Gasteiger partial charge in [-0.25, -0.2) is 0 Å². The van der Waals surface area contributed by atoms with Crippen LogP contribution in [0.3, 0.4) is 0 Å². The third kappa shape index (κ3) is 3.96. The van der Waals surface area contributed by atoms with Gasteiger partial charge in [0.25, 0.3) is 0 Å². The van der Waals surface area contributed by atoms with Crippen molar-refractivity contribution in [2.45, 2.75) is 25.9 Å². The van der Waals surface area contributed by atoms with Gasteiger partial charge >= 0.3 is 0 Å². The minimum absolute atomic E-state index is 0.00409. The molecule has 4 nitrogen and oxygen atoms in total. The Balaban J connectivity index is 1.78. The molecular formula is C16H20N2O2. The van der Waals surface area contributed by atoms with Crippen LogP contribution in [0.1, 0.15) is 37.3 Å². The normalized spacial score (nSPS) is 13.7. The van der Waals surface area contributed by atoms with E-state index in [1.54, 1.807) is 6.26 Å². The smallest absolute Gasteiger partial charge is 0.234 e. The molecule has 2 rings (SSSR count). The summed E-state index contributed by atoms with van der Waals surface area (Å²) in [4.78, 5) is 11.9. The van der Waals surface area contributed by atoms with Gasteiger partial charge in [0, 0.05) is 0 Å². The average molecular weight is 272 g/mol. The van der Waals surface area contributed by atoms with Crippen LogP contribution in [0, 0.1) is 0 Å². The van der Waals surface area contributed by atoms with E-state index in [9.17, 15) is 4.79 Å². The zero-order valence-corrected chi connectivity index (χ0v) is 11.8. The minimum Gasteiger partial charge on any atom is -0.468 e. The van der Waals surface area contributed by atoms with Gasteiger partial charge in [0.15, 0.2) is 0 Å². The maximum Gasteiger partial charge on any atom is 0.234 e. The molecule has 2 atom stereocenters. The highest BCUT2D eigenvalue weighted by Gasteiger charge is 2.12. The van der Waals surface area contributed by atoms with Crippen LogP contribution in [0.15, 0.2) is 53.1 Å². The molecule has 20 heavy (non-hydrogen) atoms. The second kappa shape index (κ2) is 6.91. The molecule has 0 saturated heterocycles. The number of furan rings is 1. The largest absolute Gasteiger partial charge is 0.468 e. The van der Waals surface area contributed by atoms with Crippen molar-refractivity contribution in [1.82, 2.24) is 10.6 Å². The number of nitrogens with one attached hydrogen (secondary N) is 2. The lowest BCUT2D eigenvalue weighted by molar-refractivity contribution is -0.121. The standard InChI is InChI=1S/C16H20N2O2/c1-12(14-7-4-3-5-8-14)18-16(19)11-17-13(2)15-9-6-10-20-15/h3-10,12-13,17H,11H2,1-2H3,(H,18,19)/t12-,13+/m0/s1. The zero-order valence-electron chi connectivity index (χ0n) is 11.8. The molecule has 0 aliphatic rings. The van der Waals surface area contributed by atoms with Gasteiger partial charge in [-0.1, -0.05) is 30.3 Å². The third-order valence-corrected chi connectivity index (χ3v) is 3.22. The van der Waals surface area contributed by atoms with Crippen LogP contribution >= 0.6 is 0 Å². The molecule has 0 fully saturated rings. The molecule has 0 aliphatic heterocycles. The fraction of sp³-hybridized carbons (Fsp3) is 0.312.